The molecule has 0 aromatic rings. The van der Waals surface area contributed by atoms with E-state index in [1.807, 2.05) is 4.90 Å². The number of carbonyl (C=O) groups excluding carboxylic acids is 1. The number of amides is 1. The molecule has 2 saturated heterocycles. The maximum Gasteiger partial charge on any atom is 0.224 e. The molecule has 0 aromatic carbocycles. The lowest BCUT2D eigenvalue weighted by atomic mass is 10.1. The van der Waals surface area contributed by atoms with Crippen LogP contribution in [0.1, 0.15) is 25.7 Å². The maximum atomic E-state index is 12.1. The van der Waals surface area contributed by atoms with Crippen molar-refractivity contribution in [3.05, 3.63) is 0 Å². The normalized spacial score (nSPS) is 25.1. The highest BCUT2D eigenvalue weighted by atomic mass is 16.2. The average Bonchev–Trinajstić information content (AvgIpc) is 2.89. The smallest absolute Gasteiger partial charge is 0.224 e. The zero-order valence-corrected chi connectivity index (χ0v) is 10.9. The van der Waals surface area contributed by atoms with Crippen LogP contribution in [0.25, 0.3) is 0 Å². The number of carbonyl (C=O) groups is 1. The highest BCUT2D eigenvalue weighted by molar-refractivity contribution is 5.77. The number of rotatable bonds is 4. The van der Waals surface area contributed by atoms with Crippen LogP contribution < -0.4 is 5.32 Å². The second kappa shape index (κ2) is 6.72. The van der Waals surface area contributed by atoms with E-state index in [9.17, 15) is 4.79 Å². The Labute approximate surface area is 109 Å². The molecule has 0 saturated carbocycles. The Morgan fingerprint density at radius 1 is 1.33 bits per heavy atom. The van der Waals surface area contributed by atoms with Crippen molar-refractivity contribution in [3.63, 3.8) is 0 Å². The summed E-state index contributed by atoms with van der Waals surface area (Å²) in [6.07, 6.45) is 3.56. The molecule has 2 fully saturated rings. The molecule has 18 heavy (non-hydrogen) atoms. The van der Waals surface area contributed by atoms with Crippen molar-refractivity contribution < 1.29 is 4.79 Å². The third kappa shape index (κ3) is 3.69. The fraction of sp³-hybridized carbons (Fsp3) is 0.846. The van der Waals surface area contributed by atoms with Crippen molar-refractivity contribution in [2.75, 3.05) is 39.3 Å². The van der Waals surface area contributed by atoms with Gasteiger partial charge in [-0.15, -0.1) is 0 Å². The van der Waals surface area contributed by atoms with Gasteiger partial charge in [0.2, 0.25) is 5.91 Å². The maximum absolute atomic E-state index is 12.1. The Balaban J connectivity index is 1.68. The lowest BCUT2D eigenvalue weighted by Gasteiger charge is -2.34. The third-order valence-corrected chi connectivity index (χ3v) is 3.85. The first-order valence-electron chi connectivity index (χ1n) is 6.90. The van der Waals surface area contributed by atoms with E-state index in [-0.39, 0.29) is 5.91 Å². The molecule has 1 atom stereocenters. The first kappa shape index (κ1) is 13.3. The predicted octanol–water partition coefficient (Wildman–Crippen LogP) is 0.186. The van der Waals surface area contributed by atoms with E-state index in [1.165, 1.54) is 6.42 Å². The molecule has 2 rings (SSSR count). The van der Waals surface area contributed by atoms with Gasteiger partial charge in [-0.2, -0.15) is 5.26 Å². The number of hydrogen-bond donors (Lipinski definition) is 1. The first-order chi connectivity index (χ1) is 8.79. The largest absolute Gasteiger partial charge is 0.340 e. The monoisotopic (exact) mass is 250 g/mol. The Morgan fingerprint density at radius 2 is 2.11 bits per heavy atom. The second-order valence-electron chi connectivity index (χ2n) is 5.13. The molecule has 0 aromatic heterocycles. The summed E-state index contributed by atoms with van der Waals surface area (Å²) in [5, 5.41) is 11.9. The van der Waals surface area contributed by atoms with Gasteiger partial charge in [-0.1, -0.05) is 0 Å². The van der Waals surface area contributed by atoms with Gasteiger partial charge in [0, 0.05) is 51.6 Å². The minimum atomic E-state index is 0.286. The molecule has 2 aliphatic heterocycles. The Morgan fingerprint density at radius 3 is 2.72 bits per heavy atom. The fourth-order valence-corrected chi connectivity index (χ4v) is 2.70. The van der Waals surface area contributed by atoms with Gasteiger partial charge in [-0.25, -0.2) is 0 Å². The van der Waals surface area contributed by atoms with Crippen LogP contribution in [0.4, 0.5) is 0 Å². The van der Waals surface area contributed by atoms with E-state index in [4.69, 9.17) is 5.26 Å². The number of nitriles is 1. The standard InChI is InChI=1S/C13H22N4O/c14-4-2-6-16-7-9-17(10-8-16)13(18)11-12-3-1-5-15-12/h12,15H,1-3,5-11H2. The molecule has 2 aliphatic rings. The predicted molar refractivity (Wildman–Crippen MR) is 68.9 cm³/mol. The minimum absolute atomic E-state index is 0.286. The molecule has 1 unspecified atom stereocenters. The van der Waals surface area contributed by atoms with Crippen LogP contribution in [0.2, 0.25) is 0 Å². The summed E-state index contributed by atoms with van der Waals surface area (Å²) in [7, 11) is 0. The van der Waals surface area contributed by atoms with Crippen LogP contribution in [-0.4, -0.2) is 61.0 Å². The van der Waals surface area contributed by atoms with Crippen LogP contribution in [0.5, 0.6) is 0 Å². The molecule has 1 amide bonds. The Bertz CT molecular complexity index is 311. The molecular formula is C13H22N4O. The number of piperazine rings is 1. The van der Waals surface area contributed by atoms with Crippen molar-refractivity contribution in [2.45, 2.75) is 31.7 Å². The highest BCUT2D eigenvalue weighted by Crippen LogP contribution is 2.12. The van der Waals surface area contributed by atoms with Gasteiger partial charge < -0.3 is 10.2 Å². The van der Waals surface area contributed by atoms with Gasteiger partial charge >= 0.3 is 0 Å². The van der Waals surface area contributed by atoms with Gasteiger partial charge in [-0.05, 0) is 19.4 Å². The zero-order chi connectivity index (χ0) is 12.8. The van der Waals surface area contributed by atoms with Crippen LogP contribution in [0.3, 0.4) is 0 Å². The van der Waals surface area contributed by atoms with E-state index in [0.717, 1.165) is 45.7 Å². The van der Waals surface area contributed by atoms with Gasteiger partial charge in [0.1, 0.15) is 0 Å². The van der Waals surface area contributed by atoms with E-state index in [2.05, 4.69) is 16.3 Å². The number of hydrogen-bond acceptors (Lipinski definition) is 4. The van der Waals surface area contributed by atoms with Gasteiger partial charge in [-0.3, -0.25) is 9.69 Å². The molecule has 5 heteroatoms. The average molecular weight is 250 g/mol. The van der Waals surface area contributed by atoms with E-state index in [0.29, 0.717) is 18.9 Å². The SMILES string of the molecule is N#CCCN1CCN(C(=O)CC2CCCN2)CC1. The topological polar surface area (TPSA) is 59.4 Å². The zero-order valence-electron chi connectivity index (χ0n) is 10.9. The Hall–Kier alpha value is -1.12. The second-order valence-corrected chi connectivity index (χ2v) is 5.13. The van der Waals surface area contributed by atoms with Crippen molar-refractivity contribution in [1.29, 1.82) is 5.26 Å². The molecule has 2 heterocycles. The van der Waals surface area contributed by atoms with Crippen LogP contribution >= 0.6 is 0 Å². The van der Waals surface area contributed by atoms with Crippen molar-refractivity contribution in [2.24, 2.45) is 0 Å². The number of nitrogens with zero attached hydrogens (tertiary/aromatic N) is 3. The van der Waals surface area contributed by atoms with Gasteiger partial charge in [0.15, 0.2) is 0 Å². The van der Waals surface area contributed by atoms with E-state index < -0.39 is 0 Å². The lowest BCUT2D eigenvalue weighted by molar-refractivity contribution is -0.133. The van der Waals surface area contributed by atoms with Crippen molar-refractivity contribution in [3.8, 4) is 6.07 Å². The van der Waals surface area contributed by atoms with E-state index in [1.54, 1.807) is 0 Å². The summed E-state index contributed by atoms with van der Waals surface area (Å²) in [6.45, 7) is 5.34. The van der Waals surface area contributed by atoms with Crippen molar-refractivity contribution >= 4 is 5.91 Å². The highest BCUT2D eigenvalue weighted by Gasteiger charge is 2.24. The summed E-state index contributed by atoms with van der Waals surface area (Å²) in [5.41, 5.74) is 0. The molecule has 100 valence electrons. The third-order valence-electron chi connectivity index (χ3n) is 3.85. The molecule has 0 radical (unpaired) electrons. The fourth-order valence-electron chi connectivity index (χ4n) is 2.70. The quantitative estimate of drug-likeness (QED) is 0.773. The van der Waals surface area contributed by atoms with Crippen LogP contribution in [0, 0.1) is 11.3 Å². The summed E-state index contributed by atoms with van der Waals surface area (Å²) in [5.74, 6) is 0.286. The van der Waals surface area contributed by atoms with Gasteiger partial charge in [0.05, 0.1) is 6.07 Å². The molecule has 0 aliphatic carbocycles. The first-order valence-corrected chi connectivity index (χ1v) is 6.90. The van der Waals surface area contributed by atoms with Crippen molar-refractivity contribution in [1.82, 2.24) is 15.1 Å². The minimum Gasteiger partial charge on any atom is -0.340 e. The Kier molecular flexibility index (Phi) is 4.97. The number of nitrogens with one attached hydrogen (secondary N) is 1. The molecular weight excluding hydrogens is 228 g/mol. The van der Waals surface area contributed by atoms with Crippen LogP contribution in [0.15, 0.2) is 0 Å². The molecule has 5 nitrogen and oxygen atoms in total. The summed E-state index contributed by atoms with van der Waals surface area (Å²) < 4.78 is 0. The lowest BCUT2D eigenvalue weighted by Crippen LogP contribution is -2.49. The molecule has 0 bridgehead atoms. The van der Waals surface area contributed by atoms with Crippen LogP contribution in [-0.2, 0) is 4.79 Å². The summed E-state index contributed by atoms with van der Waals surface area (Å²) in [4.78, 5) is 16.3. The molecule has 1 N–H and O–H groups in total. The summed E-state index contributed by atoms with van der Waals surface area (Å²) in [6, 6.07) is 2.56. The van der Waals surface area contributed by atoms with Gasteiger partial charge in [0.25, 0.3) is 0 Å². The molecule has 0 spiro atoms. The van der Waals surface area contributed by atoms with E-state index >= 15 is 0 Å². The summed E-state index contributed by atoms with van der Waals surface area (Å²) >= 11 is 0.